The second kappa shape index (κ2) is 9.77. The lowest BCUT2D eigenvalue weighted by Gasteiger charge is -2.24. The van der Waals surface area contributed by atoms with E-state index in [0.717, 1.165) is 17.8 Å². The lowest BCUT2D eigenvalue weighted by molar-refractivity contribution is -0.133. The number of methoxy groups -OCH3 is 1. The summed E-state index contributed by atoms with van der Waals surface area (Å²) in [6, 6.07) is 4.06. The number of ketones is 1. The first-order valence-electron chi connectivity index (χ1n) is 7.93. The normalized spacial score (nSPS) is 12.7. The number of ether oxygens (including phenoxy) is 2. The van der Waals surface area contributed by atoms with Crippen molar-refractivity contribution >= 4 is 23.5 Å². The molecule has 0 radical (unpaired) electrons. The third-order valence-corrected chi connectivity index (χ3v) is 4.46. The molecule has 0 amide bonds. The molecule has 0 aliphatic heterocycles. The topological polar surface area (TPSA) is 72.8 Å². The zero-order valence-corrected chi connectivity index (χ0v) is 15.8. The number of carboxylic acids is 1. The highest BCUT2D eigenvalue weighted by atomic mass is 32.2. The Hall–Kier alpha value is -1.60. The molecule has 0 aliphatic carbocycles. The standard InChI is InChI=1S/C18H25FO5S/c1-18(2,3)10-15(25-11-16(20)21)17(22)12-5-6-14(13(19)9-12)24-8-7-23-4/h5-6,9,15H,7-8,10-11H2,1-4H3,(H,20,21). The average Bonchev–Trinajstić information content (AvgIpc) is 2.51. The van der Waals surface area contributed by atoms with E-state index in [4.69, 9.17) is 14.6 Å². The molecule has 0 spiro atoms. The Bertz CT molecular complexity index is 598. The second-order valence-corrected chi connectivity index (χ2v) is 8.00. The van der Waals surface area contributed by atoms with Gasteiger partial charge in [0.15, 0.2) is 17.3 Å². The summed E-state index contributed by atoms with van der Waals surface area (Å²) in [6.07, 6.45) is 0.498. The van der Waals surface area contributed by atoms with Gasteiger partial charge in [0, 0.05) is 12.7 Å². The van der Waals surface area contributed by atoms with E-state index in [-0.39, 0.29) is 34.9 Å². The maximum atomic E-state index is 14.1. The maximum Gasteiger partial charge on any atom is 0.313 e. The Balaban J connectivity index is 2.91. The van der Waals surface area contributed by atoms with Crippen molar-refractivity contribution in [2.75, 3.05) is 26.1 Å². The van der Waals surface area contributed by atoms with Crippen LogP contribution in [0.3, 0.4) is 0 Å². The van der Waals surface area contributed by atoms with E-state index < -0.39 is 17.0 Å². The maximum absolute atomic E-state index is 14.1. The molecule has 140 valence electrons. The summed E-state index contributed by atoms with van der Waals surface area (Å²) >= 11 is 1.07. The number of carbonyl (C=O) groups is 2. The highest BCUT2D eigenvalue weighted by molar-refractivity contribution is 8.01. The molecule has 1 rings (SSSR count). The fraction of sp³-hybridized carbons (Fsp3) is 0.556. The lowest BCUT2D eigenvalue weighted by atomic mass is 9.88. The molecule has 5 nitrogen and oxygen atoms in total. The first-order chi connectivity index (χ1) is 11.6. The highest BCUT2D eigenvalue weighted by Gasteiger charge is 2.27. The molecule has 1 aromatic rings. The van der Waals surface area contributed by atoms with Crippen LogP contribution in [0.4, 0.5) is 4.39 Å². The summed E-state index contributed by atoms with van der Waals surface area (Å²) in [5.74, 6) is -2.00. The fourth-order valence-corrected chi connectivity index (χ4v) is 3.40. The monoisotopic (exact) mass is 372 g/mol. The molecule has 1 aromatic carbocycles. The van der Waals surface area contributed by atoms with E-state index in [9.17, 15) is 14.0 Å². The van der Waals surface area contributed by atoms with Crippen LogP contribution in [-0.4, -0.2) is 48.2 Å². The van der Waals surface area contributed by atoms with Crippen LogP contribution < -0.4 is 4.74 Å². The fourth-order valence-electron chi connectivity index (χ4n) is 2.15. The van der Waals surface area contributed by atoms with Crippen LogP contribution in [0.25, 0.3) is 0 Å². The molecule has 0 heterocycles. The number of Topliss-reactive ketones (excluding diaryl/α,β-unsaturated/α-hetero) is 1. The molecule has 0 aliphatic rings. The summed E-state index contributed by atoms with van der Waals surface area (Å²) < 4.78 is 24.2. The number of rotatable bonds is 10. The van der Waals surface area contributed by atoms with Gasteiger partial charge in [0.2, 0.25) is 0 Å². The first kappa shape index (κ1) is 21.4. The van der Waals surface area contributed by atoms with Gasteiger partial charge < -0.3 is 14.6 Å². The number of carboxylic acid groups (broad SMARTS) is 1. The number of benzene rings is 1. The Morgan fingerprint density at radius 2 is 1.96 bits per heavy atom. The van der Waals surface area contributed by atoms with Crippen molar-refractivity contribution in [3.63, 3.8) is 0 Å². The molecule has 0 bridgehead atoms. The van der Waals surface area contributed by atoms with Crippen LogP contribution in [-0.2, 0) is 9.53 Å². The molecule has 25 heavy (non-hydrogen) atoms. The van der Waals surface area contributed by atoms with Crippen molar-refractivity contribution in [1.29, 1.82) is 0 Å². The van der Waals surface area contributed by atoms with Gasteiger partial charge in [-0.05, 0) is 30.0 Å². The van der Waals surface area contributed by atoms with Gasteiger partial charge in [-0.25, -0.2) is 4.39 Å². The molecular formula is C18H25FO5S. The second-order valence-electron chi connectivity index (χ2n) is 6.81. The molecule has 0 saturated carbocycles. The van der Waals surface area contributed by atoms with Gasteiger partial charge in [-0.2, -0.15) is 0 Å². The molecular weight excluding hydrogens is 347 g/mol. The van der Waals surface area contributed by atoms with Gasteiger partial charge in [-0.3, -0.25) is 9.59 Å². The summed E-state index contributed by atoms with van der Waals surface area (Å²) in [5, 5.41) is 8.33. The van der Waals surface area contributed by atoms with Crippen LogP contribution >= 0.6 is 11.8 Å². The summed E-state index contributed by atoms with van der Waals surface area (Å²) in [6.45, 7) is 6.47. The molecule has 1 N–H and O–H groups in total. The van der Waals surface area contributed by atoms with Gasteiger partial charge in [0.25, 0.3) is 0 Å². The van der Waals surface area contributed by atoms with E-state index in [2.05, 4.69) is 0 Å². The van der Waals surface area contributed by atoms with E-state index >= 15 is 0 Å². The zero-order chi connectivity index (χ0) is 19.0. The van der Waals surface area contributed by atoms with E-state index in [0.29, 0.717) is 13.0 Å². The van der Waals surface area contributed by atoms with Gasteiger partial charge in [-0.15, -0.1) is 11.8 Å². The van der Waals surface area contributed by atoms with Crippen LogP contribution in [0.2, 0.25) is 0 Å². The minimum absolute atomic E-state index is 0.0548. The van der Waals surface area contributed by atoms with Crippen molar-refractivity contribution < 1.29 is 28.6 Å². The van der Waals surface area contributed by atoms with Crippen LogP contribution in [0, 0.1) is 11.2 Å². The number of hydrogen-bond acceptors (Lipinski definition) is 5. The van der Waals surface area contributed by atoms with Crippen molar-refractivity contribution in [3.8, 4) is 5.75 Å². The van der Waals surface area contributed by atoms with E-state index in [1.165, 1.54) is 19.2 Å². The smallest absolute Gasteiger partial charge is 0.313 e. The summed E-state index contributed by atoms with van der Waals surface area (Å²) in [4.78, 5) is 23.6. The highest BCUT2D eigenvalue weighted by Crippen LogP contribution is 2.31. The van der Waals surface area contributed by atoms with Crippen LogP contribution in [0.5, 0.6) is 5.75 Å². The number of hydrogen-bond donors (Lipinski definition) is 1. The van der Waals surface area contributed by atoms with Crippen molar-refractivity contribution in [3.05, 3.63) is 29.6 Å². The van der Waals surface area contributed by atoms with Crippen molar-refractivity contribution in [2.24, 2.45) is 5.41 Å². The molecule has 1 unspecified atom stereocenters. The third-order valence-electron chi connectivity index (χ3n) is 3.26. The number of thioether (sulfide) groups is 1. The predicted molar refractivity (Wildman–Crippen MR) is 96.1 cm³/mol. The predicted octanol–water partition coefficient (Wildman–Crippen LogP) is 3.66. The molecule has 7 heteroatoms. The molecule has 0 aromatic heterocycles. The quantitative estimate of drug-likeness (QED) is 0.499. The Kier molecular flexibility index (Phi) is 8.38. The molecule has 1 atom stereocenters. The number of aliphatic carboxylic acids is 1. The van der Waals surface area contributed by atoms with Crippen molar-refractivity contribution in [1.82, 2.24) is 0 Å². The lowest BCUT2D eigenvalue weighted by Crippen LogP contribution is -2.25. The van der Waals surface area contributed by atoms with Crippen LogP contribution in [0.15, 0.2) is 18.2 Å². The molecule has 0 saturated heterocycles. The molecule has 0 fully saturated rings. The minimum Gasteiger partial charge on any atom is -0.488 e. The van der Waals surface area contributed by atoms with Gasteiger partial charge >= 0.3 is 5.97 Å². The van der Waals surface area contributed by atoms with Gasteiger partial charge in [0.05, 0.1) is 17.6 Å². The van der Waals surface area contributed by atoms with Crippen LogP contribution in [0.1, 0.15) is 37.6 Å². The van der Waals surface area contributed by atoms with Gasteiger partial charge in [0.1, 0.15) is 6.61 Å². The Morgan fingerprint density at radius 1 is 1.28 bits per heavy atom. The number of carbonyl (C=O) groups excluding carboxylic acids is 1. The summed E-state index contributed by atoms with van der Waals surface area (Å²) in [5.41, 5.74) is 0.0526. The Labute approximate surface area is 151 Å². The SMILES string of the molecule is COCCOc1ccc(C(=O)C(CC(C)(C)C)SCC(=O)O)cc1F. The van der Waals surface area contributed by atoms with Crippen molar-refractivity contribution in [2.45, 2.75) is 32.4 Å². The average molecular weight is 372 g/mol. The Morgan fingerprint density at radius 3 is 2.48 bits per heavy atom. The van der Waals surface area contributed by atoms with E-state index in [1.54, 1.807) is 0 Å². The minimum atomic E-state index is -0.982. The zero-order valence-electron chi connectivity index (χ0n) is 15.0. The number of halogens is 1. The summed E-state index contributed by atoms with van der Waals surface area (Å²) in [7, 11) is 1.52. The first-order valence-corrected chi connectivity index (χ1v) is 8.98. The largest absolute Gasteiger partial charge is 0.488 e. The van der Waals surface area contributed by atoms with Gasteiger partial charge in [-0.1, -0.05) is 20.8 Å². The van der Waals surface area contributed by atoms with E-state index in [1.807, 2.05) is 20.8 Å². The third kappa shape index (κ3) is 7.88.